The van der Waals surface area contributed by atoms with Gasteiger partial charge in [0.2, 0.25) is 0 Å². The van der Waals surface area contributed by atoms with E-state index in [0.29, 0.717) is 10.0 Å². The zero-order chi connectivity index (χ0) is 12.0. The van der Waals surface area contributed by atoms with Crippen molar-refractivity contribution in [2.45, 2.75) is 6.10 Å². The first-order chi connectivity index (χ1) is 7.66. The second-order valence-corrected chi connectivity index (χ2v) is 3.78. The largest absolute Gasteiger partial charge is 0.381 e. The third kappa shape index (κ3) is 3.34. The fraction of sp³-hybridized carbons (Fsp3) is 0.200. The zero-order valence-electron chi connectivity index (χ0n) is 8.22. The maximum absolute atomic E-state index is 13.4. The van der Waals surface area contributed by atoms with Gasteiger partial charge in [-0.15, -0.1) is 0 Å². The summed E-state index contributed by atoms with van der Waals surface area (Å²) >= 11 is 3.21. The predicted molar refractivity (Wildman–Crippen MR) is 62.3 cm³/mol. The molecule has 6 heteroatoms. The van der Waals surface area contributed by atoms with Crippen molar-refractivity contribution in [2.75, 3.05) is 6.54 Å². The molecular weight excluding hydrogens is 277 g/mol. The average Bonchev–Trinajstić information content (AvgIpc) is 2.29. The van der Waals surface area contributed by atoms with Gasteiger partial charge in [0.25, 0.3) is 0 Å². The molecule has 0 heterocycles. The molecule has 0 saturated heterocycles. The van der Waals surface area contributed by atoms with Crippen molar-refractivity contribution in [2.24, 2.45) is 5.11 Å². The highest BCUT2D eigenvalue weighted by Gasteiger charge is 2.15. The first-order valence-corrected chi connectivity index (χ1v) is 5.25. The van der Waals surface area contributed by atoms with E-state index in [1.165, 1.54) is 0 Å². The lowest BCUT2D eigenvalue weighted by Gasteiger charge is -2.10. The second-order valence-electron chi connectivity index (χ2n) is 2.93. The Morgan fingerprint density at radius 3 is 2.94 bits per heavy atom. The lowest BCUT2D eigenvalue weighted by molar-refractivity contribution is 0.185. The molecule has 0 aliphatic carbocycles. The minimum absolute atomic E-state index is 0.121. The molecule has 0 saturated carbocycles. The Kier molecular flexibility index (Phi) is 4.98. The molecule has 0 aromatic heterocycles. The smallest absolute Gasteiger partial charge is 0.131 e. The fourth-order valence-corrected chi connectivity index (χ4v) is 1.62. The summed E-state index contributed by atoms with van der Waals surface area (Å²) in [6.45, 7) is -0.121. The Balaban J connectivity index is 2.85. The quantitative estimate of drug-likeness (QED) is 0.512. The van der Waals surface area contributed by atoms with Gasteiger partial charge in [-0.1, -0.05) is 39.2 Å². The average molecular weight is 286 g/mol. The van der Waals surface area contributed by atoms with E-state index in [1.807, 2.05) is 0 Å². The molecule has 1 unspecified atom stereocenters. The molecule has 1 aromatic carbocycles. The molecule has 1 atom stereocenters. The molecule has 0 aliphatic rings. The first-order valence-electron chi connectivity index (χ1n) is 4.45. The van der Waals surface area contributed by atoms with Crippen LogP contribution in [0.1, 0.15) is 11.7 Å². The van der Waals surface area contributed by atoms with Crippen LogP contribution in [0, 0.1) is 0 Å². The van der Waals surface area contributed by atoms with Crippen LogP contribution < -0.4 is 0 Å². The summed E-state index contributed by atoms with van der Waals surface area (Å²) < 4.78 is 14.0. The van der Waals surface area contributed by atoms with E-state index in [-0.39, 0.29) is 6.54 Å². The van der Waals surface area contributed by atoms with Crippen LogP contribution in [-0.4, -0.2) is 11.7 Å². The Morgan fingerprint density at radius 2 is 2.31 bits per heavy atom. The standard InChI is InChI=1S/C10H9BrFN3O/c11-8-4-2-1-3-7(8)10(16)9(12)5-6-14-15-13/h1-5,10,16H,6H2/b9-5-. The van der Waals surface area contributed by atoms with E-state index in [9.17, 15) is 9.50 Å². The van der Waals surface area contributed by atoms with Crippen molar-refractivity contribution in [3.8, 4) is 0 Å². The van der Waals surface area contributed by atoms with Crippen molar-refractivity contribution in [3.05, 3.63) is 56.6 Å². The number of aliphatic hydroxyl groups excluding tert-OH is 1. The van der Waals surface area contributed by atoms with Crippen LogP contribution in [0.3, 0.4) is 0 Å². The lowest BCUT2D eigenvalue weighted by atomic mass is 10.1. The molecule has 1 N–H and O–H groups in total. The molecule has 0 aliphatic heterocycles. The summed E-state index contributed by atoms with van der Waals surface area (Å²) in [5.41, 5.74) is 8.44. The third-order valence-electron chi connectivity index (χ3n) is 1.89. The Labute approximate surface area is 100 Å². The summed E-state index contributed by atoms with van der Waals surface area (Å²) in [7, 11) is 0. The topological polar surface area (TPSA) is 69.0 Å². The summed E-state index contributed by atoms with van der Waals surface area (Å²) in [4.78, 5) is 2.48. The van der Waals surface area contributed by atoms with Crippen LogP contribution in [0.2, 0.25) is 0 Å². The van der Waals surface area contributed by atoms with Gasteiger partial charge >= 0.3 is 0 Å². The summed E-state index contributed by atoms with van der Waals surface area (Å²) in [5, 5.41) is 12.8. The second kappa shape index (κ2) is 6.27. The maximum Gasteiger partial charge on any atom is 0.131 e. The van der Waals surface area contributed by atoms with Crippen molar-refractivity contribution >= 4 is 15.9 Å². The molecule has 0 bridgehead atoms. The van der Waals surface area contributed by atoms with Gasteiger partial charge in [0.1, 0.15) is 11.9 Å². The molecular formula is C10H9BrFN3O. The van der Waals surface area contributed by atoms with Crippen LogP contribution in [0.25, 0.3) is 10.4 Å². The number of benzene rings is 1. The molecule has 84 valence electrons. The van der Waals surface area contributed by atoms with Gasteiger partial charge < -0.3 is 5.11 Å². The SMILES string of the molecule is [N-]=[N+]=NC/C=C(\F)C(O)c1ccccc1Br. The van der Waals surface area contributed by atoms with E-state index < -0.39 is 11.9 Å². The fourth-order valence-electron chi connectivity index (χ4n) is 1.12. The van der Waals surface area contributed by atoms with E-state index in [1.54, 1.807) is 24.3 Å². The number of azide groups is 1. The van der Waals surface area contributed by atoms with Crippen LogP contribution in [0.5, 0.6) is 0 Å². The van der Waals surface area contributed by atoms with E-state index in [4.69, 9.17) is 5.53 Å². The van der Waals surface area contributed by atoms with Gasteiger partial charge in [-0.2, -0.15) is 0 Å². The van der Waals surface area contributed by atoms with Crippen LogP contribution in [0.4, 0.5) is 4.39 Å². The molecule has 4 nitrogen and oxygen atoms in total. The highest BCUT2D eigenvalue weighted by Crippen LogP contribution is 2.28. The third-order valence-corrected chi connectivity index (χ3v) is 2.61. The monoisotopic (exact) mass is 285 g/mol. The molecule has 0 amide bonds. The molecule has 0 fully saturated rings. The van der Waals surface area contributed by atoms with Gasteiger partial charge in [-0.3, -0.25) is 0 Å². The van der Waals surface area contributed by atoms with Crippen molar-refractivity contribution in [1.82, 2.24) is 0 Å². The van der Waals surface area contributed by atoms with E-state index >= 15 is 0 Å². The van der Waals surface area contributed by atoms with E-state index in [2.05, 4.69) is 26.0 Å². The molecule has 1 aromatic rings. The van der Waals surface area contributed by atoms with E-state index in [0.717, 1.165) is 6.08 Å². The van der Waals surface area contributed by atoms with Gasteiger partial charge in [0, 0.05) is 21.5 Å². The first kappa shape index (κ1) is 12.7. The minimum atomic E-state index is -1.34. The maximum atomic E-state index is 13.4. The Hall–Kier alpha value is -1.36. The summed E-state index contributed by atoms with van der Waals surface area (Å²) in [5.74, 6) is -0.737. The highest BCUT2D eigenvalue weighted by atomic mass is 79.9. The Bertz CT molecular complexity index is 443. The highest BCUT2D eigenvalue weighted by molar-refractivity contribution is 9.10. The van der Waals surface area contributed by atoms with Crippen molar-refractivity contribution in [1.29, 1.82) is 0 Å². The van der Waals surface area contributed by atoms with Crippen molar-refractivity contribution < 1.29 is 9.50 Å². The molecule has 16 heavy (non-hydrogen) atoms. The van der Waals surface area contributed by atoms with Crippen LogP contribution in [-0.2, 0) is 0 Å². The zero-order valence-corrected chi connectivity index (χ0v) is 9.80. The summed E-state index contributed by atoms with van der Waals surface area (Å²) in [6.07, 6.45) is -0.298. The Morgan fingerprint density at radius 1 is 1.62 bits per heavy atom. The predicted octanol–water partition coefficient (Wildman–Crippen LogP) is 3.65. The van der Waals surface area contributed by atoms with Gasteiger partial charge in [-0.05, 0) is 17.7 Å². The number of hydrogen-bond acceptors (Lipinski definition) is 2. The van der Waals surface area contributed by atoms with Crippen LogP contribution >= 0.6 is 15.9 Å². The number of hydrogen-bond donors (Lipinski definition) is 1. The number of halogens is 2. The van der Waals surface area contributed by atoms with Gasteiger partial charge in [-0.25, -0.2) is 4.39 Å². The number of aliphatic hydroxyl groups is 1. The van der Waals surface area contributed by atoms with Crippen molar-refractivity contribution in [3.63, 3.8) is 0 Å². The normalized spacial score (nSPS) is 13.1. The van der Waals surface area contributed by atoms with Gasteiger partial charge in [0.15, 0.2) is 0 Å². The molecule has 0 radical (unpaired) electrons. The van der Waals surface area contributed by atoms with Crippen LogP contribution in [0.15, 0.2) is 45.8 Å². The lowest BCUT2D eigenvalue weighted by Crippen LogP contribution is -1.99. The van der Waals surface area contributed by atoms with Gasteiger partial charge in [0.05, 0.1) is 0 Å². The number of nitrogens with zero attached hydrogens (tertiary/aromatic N) is 3. The molecule has 0 spiro atoms. The molecule has 1 rings (SSSR count). The summed E-state index contributed by atoms with van der Waals surface area (Å²) in [6, 6.07) is 6.78. The number of rotatable bonds is 4. The minimum Gasteiger partial charge on any atom is -0.381 e.